The Morgan fingerprint density at radius 3 is 2.45 bits per heavy atom. The summed E-state index contributed by atoms with van der Waals surface area (Å²) in [6.45, 7) is 2.00. The van der Waals surface area contributed by atoms with E-state index in [9.17, 15) is 9.18 Å². The first-order chi connectivity index (χ1) is 15.9. The number of carbonyl (C=O) groups excluding carboxylic acids is 1. The van der Waals surface area contributed by atoms with Gasteiger partial charge in [0.25, 0.3) is 0 Å². The van der Waals surface area contributed by atoms with Crippen LogP contribution in [0.4, 0.5) is 4.39 Å². The molecule has 3 aromatic carbocycles. The minimum Gasteiger partial charge on any atom is -0.493 e. The molecule has 0 bridgehead atoms. The zero-order valence-electron chi connectivity index (χ0n) is 18.7. The van der Waals surface area contributed by atoms with Crippen molar-refractivity contribution >= 4 is 11.9 Å². The maximum Gasteiger partial charge on any atom is 0.232 e. The molecule has 0 aliphatic carbocycles. The van der Waals surface area contributed by atoms with Gasteiger partial charge in [-0.3, -0.25) is 4.79 Å². The predicted octanol–water partition coefficient (Wildman–Crippen LogP) is 5.36. The van der Waals surface area contributed by atoms with Gasteiger partial charge in [0.1, 0.15) is 23.9 Å². The number of hydrogen-bond donors (Lipinski definition) is 0. The topological polar surface area (TPSA) is 63.2 Å². The third kappa shape index (κ3) is 4.35. The zero-order chi connectivity index (χ0) is 23.5. The summed E-state index contributed by atoms with van der Waals surface area (Å²) in [5.74, 6) is 1.86. The fourth-order valence-electron chi connectivity index (χ4n) is 3.73. The summed E-state index contributed by atoms with van der Waals surface area (Å²) in [5.41, 5.74) is 2.49. The molecule has 1 heterocycles. The number of carbonyl (C=O) groups is 1. The van der Waals surface area contributed by atoms with Gasteiger partial charge in [-0.05, 0) is 54.5 Å². The molecular formula is C26H23FO6. The lowest BCUT2D eigenvalue weighted by Crippen LogP contribution is -2.01. The van der Waals surface area contributed by atoms with Gasteiger partial charge >= 0.3 is 0 Å². The fraction of sp³-hybridized carbons (Fsp3) is 0.192. The van der Waals surface area contributed by atoms with E-state index in [1.54, 1.807) is 42.5 Å². The van der Waals surface area contributed by atoms with E-state index in [-0.39, 0.29) is 24.0 Å². The van der Waals surface area contributed by atoms with Crippen LogP contribution in [0.5, 0.6) is 28.7 Å². The third-order valence-electron chi connectivity index (χ3n) is 5.26. The average Bonchev–Trinajstić information content (AvgIpc) is 3.12. The number of halogens is 1. The second kappa shape index (κ2) is 9.24. The molecule has 0 unspecified atom stereocenters. The van der Waals surface area contributed by atoms with Crippen molar-refractivity contribution in [3.8, 4) is 28.7 Å². The molecule has 0 atom stereocenters. The van der Waals surface area contributed by atoms with Gasteiger partial charge in [-0.1, -0.05) is 12.1 Å². The van der Waals surface area contributed by atoms with Gasteiger partial charge in [-0.15, -0.1) is 0 Å². The maximum atomic E-state index is 13.4. The Morgan fingerprint density at radius 2 is 1.76 bits per heavy atom. The van der Waals surface area contributed by atoms with Crippen LogP contribution in [0.3, 0.4) is 0 Å². The molecule has 0 radical (unpaired) electrons. The standard InChI is InChI=1S/C26H23FO6/c1-15-10-19(32-14-16-6-5-7-18(27)11-16)13-21-23(15)24(28)22(33-21)12-17-8-9-20(29-2)26(31-4)25(17)30-3/h5-13H,14H2,1-4H3/b22-12-. The number of methoxy groups -OCH3 is 3. The summed E-state index contributed by atoms with van der Waals surface area (Å²) in [7, 11) is 4.56. The van der Waals surface area contributed by atoms with Crippen LogP contribution in [0, 0.1) is 12.7 Å². The number of ether oxygens (including phenoxy) is 5. The predicted molar refractivity (Wildman–Crippen MR) is 121 cm³/mol. The van der Waals surface area contributed by atoms with Crippen molar-refractivity contribution in [2.75, 3.05) is 21.3 Å². The summed E-state index contributed by atoms with van der Waals surface area (Å²) >= 11 is 0. The molecule has 0 amide bonds. The number of allylic oxidation sites excluding steroid dienone is 1. The van der Waals surface area contributed by atoms with Crippen LogP contribution in [0.15, 0.2) is 54.3 Å². The molecule has 170 valence electrons. The third-order valence-corrected chi connectivity index (χ3v) is 5.26. The van der Waals surface area contributed by atoms with E-state index < -0.39 is 0 Å². The highest BCUT2D eigenvalue weighted by atomic mass is 19.1. The van der Waals surface area contributed by atoms with Gasteiger partial charge in [0.05, 0.1) is 26.9 Å². The normalized spacial score (nSPS) is 13.5. The molecule has 0 saturated carbocycles. The number of fused-ring (bicyclic) bond motifs is 1. The summed E-state index contributed by atoms with van der Waals surface area (Å²) in [5, 5.41) is 0. The lowest BCUT2D eigenvalue weighted by molar-refractivity contribution is 0.101. The first-order valence-electron chi connectivity index (χ1n) is 10.2. The van der Waals surface area contributed by atoms with E-state index in [1.807, 2.05) is 6.92 Å². The summed E-state index contributed by atoms with van der Waals surface area (Å²) in [6.07, 6.45) is 1.61. The van der Waals surface area contributed by atoms with E-state index in [4.69, 9.17) is 23.7 Å². The molecule has 33 heavy (non-hydrogen) atoms. The van der Waals surface area contributed by atoms with Gasteiger partial charge in [-0.2, -0.15) is 0 Å². The van der Waals surface area contributed by atoms with E-state index in [0.29, 0.717) is 45.4 Å². The average molecular weight is 450 g/mol. The van der Waals surface area contributed by atoms with E-state index in [0.717, 1.165) is 5.56 Å². The molecule has 0 N–H and O–H groups in total. The first kappa shape index (κ1) is 22.2. The van der Waals surface area contributed by atoms with Crippen LogP contribution < -0.4 is 23.7 Å². The quantitative estimate of drug-likeness (QED) is 0.452. The largest absolute Gasteiger partial charge is 0.493 e. The van der Waals surface area contributed by atoms with Crippen LogP contribution in [-0.2, 0) is 6.61 Å². The monoisotopic (exact) mass is 450 g/mol. The SMILES string of the molecule is COc1ccc(/C=C2\Oc3cc(OCc4cccc(F)c4)cc(C)c3C2=O)c(OC)c1OC. The molecule has 0 aromatic heterocycles. The van der Waals surface area contributed by atoms with Gasteiger partial charge in [0.2, 0.25) is 11.5 Å². The minimum atomic E-state index is -0.324. The highest BCUT2D eigenvalue weighted by Crippen LogP contribution is 2.42. The van der Waals surface area contributed by atoms with Crippen molar-refractivity contribution in [2.24, 2.45) is 0 Å². The van der Waals surface area contributed by atoms with Gasteiger partial charge in [-0.25, -0.2) is 4.39 Å². The van der Waals surface area contributed by atoms with Crippen molar-refractivity contribution in [1.82, 2.24) is 0 Å². The smallest absolute Gasteiger partial charge is 0.232 e. The van der Waals surface area contributed by atoms with E-state index in [1.165, 1.54) is 33.5 Å². The molecule has 1 aliphatic rings. The molecule has 0 spiro atoms. The Balaban J connectivity index is 1.62. The number of ketones is 1. The van der Waals surface area contributed by atoms with Crippen molar-refractivity contribution < 1.29 is 32.9 Å². The first-order valence-corrected chi connectivity index (χ1v) is 10.2. The van der Waals surface area contributed by atoms with Crippen LogP contribution >= 0.6 is 0 Å². The molecule has 6 nitrogen and oxygen atoms in total. The highest BCUT2D eigenvalue weighted by Gasteiger charge is 2.30. The molecule has 1 aliphatic heterocycles. The van der Waals surface area contributed by atoms with Crippen LogP contribution in [0.1, 0.15) is 27.0 Å². The van der Waals surface area contributed by atoms with Crippen LogP contribution in [0.2, 0.25) is 0 Å². The molecule has 3 aromatic rings. The Bertz CT molecular complexity index is 1250. The molecular weight excluding hydrogens is 427 g/mol. The van der Waals surface area contributed by atoms with Gasteiger partial charge in [0.15, 0.2) is 17.3 Å². The summed E-state index contributed by atoms with van der Waals surface area (Å²) in [4.78, 5) is 13.1. The fourth-order valence-corrected chi connectivity index (χ4v) is 3.73. The minimum absolute atomic E-state index is 0.154. The summed E-state index contributed by atoms with van der Waals surface area (Å²) < 4.78 is 41.3. The van der Waals surface area contributed by atoms with E-state index in [2.05, 4.69) is 0 Å². The number of aryl methyl sites for hydroxylation is 1. The molecule has 7 heteroatoms. The second-order valence-electron chi connectivity index (χ2n) is 7.40. The number of benzene rings is 3. The van der Waals surface area contributed by atoms with Crippen molar-refractivity contribution in [2.45, 2.75) is 13.5 Å². The molecule has 0 saturated heterocycles. The highest BCUT2D eigenvalue weighted by molar-refractivity contribution is 6.15. The Hall–Kier alpha value is -4.00. The lowest BCUT2D eigenvalue weighted by atomic mass is 10.0. The van der Waals surface area contributed by atoms with Gasteiger partial charge < -0.3 is 23.7 Å². The lowest BCUT2D eigenvalue weighted by Gasteiger charge is -2.14. The maximum absolute atomic E-state index is 13.4. The second-order valence-corrected chi connectivity index (χ2v) is 7.40. The zero-order valence-corrected chi connectivity index (χ0v) is 18.7. The van der Waals surface area contributed by atoms with Gasteiger partial charge in [0, 0.05) is 11.6 Å². The van der Waals surface area contributed by atoms with Crippen LogP contribution in [-0.4, -0.2) is 27.1 Å². The van der Waals surface area contributed by atoms with Crippen molar-refractivity contribution in [3.05, 3.63) is 82.4 Å². The number of Topliss-reactive ketones (excluding diaryl/α,β-unsaturated/α-hetero) is 1. The number of rotatable bonds is 7. The Kier molecular flexibility index (Phi) is 6.22. The Labute approximate surface area is 191 Å². The van der Waals surface area contributed by atoms with E-state index >= 15 is 0 Å². The number of hydrogen-bond acceptors (Lipinski definition) is 6. The molecule has 4 rings (SSSR count). The van der Waals surface area contributed by atoms with Crippen molar-refractivity contribution in [3.63, 3.8) is 0 Å². The molecule has 0 fully saturated rings. The summed E-state index contributed by atoms with van der Waals surface area (Å²) in [6, 6.07) is 13.1. The Morgan fingerprint density at radius 1 is 0.970 bits per heavy atom. The van der Waals surface area contributed by atoms with Crippen LogP contribution in [0.25, 0.3) is 6.08 Å². The van der Waals surface area contributed by atoms with Crippen molar-refractivity contribution in [1.29, 1.82) is 0 Å².